The van der Waals surface area contributed by atoms with Gasteiger partial charge in [0.05, 0.1) is 32.4 Å². The molecule has 2 aromatic rings. The van der Waals surface area contributed by atoms with E-state index in [0.29, 0.717) is 10.6 Å². The lowest BCUT2D eigenvalue weighted by Gasteiger charge is -2.08. The van der Waals surface area contributed by atoms with Gasteiger partial charge < -0.3 is 19.5 Å². The number of esters is 2. The van der Waals surface area contributed by atoms with Crippen LogP contribution < -0.4 is 10.1 Å². The van der Waals surface area contributed by atoms with E-state index in [0.717, 1.165) is 17.4 Å². The second kappa shape index (κ2) is 10.0. The first-order valence-electron chi connectivity index (χ1n) is 8.92. The van der Waals surface area contributed by atoms with E-state index >= 15 is 0 Å². The van der Waals surface area contributed by atoms with E-state index in [4.69, 9.17) is 14.2 Å². The van der Waals surface area contributed by atoms with Crippen LogP contribution in [0, 0.1) is 12.7 Å². The second-order valence-corrected chi connectivity index (χ2v) is 6.85. The smallest absolute Gasteiger partial charge is 0.348 e. The quantitative estimate of drug-likeness (QED) is 0.484. The van der Waals surface area contributed by atoms with Crippen molar-refractivity contribution in [3.63, 3.8) is 0 Å². The molecular weight excluding hydrogens is 401 g/mol. The molecule has 1 heterocycles. The standard InChI is InChI=1S/C20H22FNO6S/c1-5-27-19(24)16-11(3)17(20(25)28-6-2)29-18(16)22-10-14(23)12-7-8-15(26-4)13(21)9-12/h7-9,22H,5-6,10H2,1-4H3. The number of methoxy groups -OCH3 is 1. The number of thiophene rings is 1. The Kier molecular flexibility index (Phi) is 7.72. The molecule has 0 bridgehead atoms. The Bertz CT molecular complexity index is 924. The SMILES string of the molecule is CCOC(=O)c1sc(NCC(=O)c2ccc(OC)c(F)c2)c(C(=O)OCC)c1C. The van der Waals surface area contributed by atoms with Gasteiger partial charge >= 0.3 is 11.9 Å². The largest absolute Gasteiger partial charge is 0.494 e. The number of ether oxygens (including phenoxy) is 3. The molecule has 29 heavy (non-hydrogen) atoms. The monoisotopic (exact) mass is 423 g/mol. The first-order chi connectivity index (χ1) is 13.8. The second-order valence-electron chi connectivity index (χ2n) is 5.83. The van der Waals surface area contributed by atoms with Crippen molar-refractivity contribution in [1.82, 2.24) is 0 Å². The highest BCUT2D eigenvalue weighted by Crippen LogP contribution is 2.34. The number of hydrogen-bond acceptors (Lipinski definition) is 8. The zero-order valence-corrected chi connectivity index (χ0v) is 17.4. The number of hydrogen-bond donors (Lipinski definition) is 1. The Hall–Kier alpha value is -2.94. The maximum absolute atomic E-state index is 13.8. The van der Waals surface area contributed by atoms with Gasteiger partial charge in [-0.1, -0.05) is 0 Å². The summed E-state index contributed by atoms with van der Waals surface area (Å²) in [6.45, 7) is 5.10. The van der Waals surface area contributed by atoms with E-state index in [1.165, 1.54) is 19.2 Å². The topological polar surface area (TPSA) is 90.9 Å². The predicted octanol–water partition coefficient (Wildman–Crippen LogP) is 3.85. The van der Waals surface area contributed by atoms with Gasteiger partial charge in [0.25, 0.3) is 0 Å². The van der Waals surface area contributed by atoms with Crippen molar-refractivity contribution < 1.29 is 33.0 Å². The van der Waals surface area contributed by atoms with Gasteiger partial charge in [0.1, 0.15) is 9.88 Å². The molecule has 7 nitrogen and oxygen atoms in total. The van der Waals surface area contributed by atoms with E-state index in [1.54, 1.807) is 20.8 Å². The molecular formula is C20H22FNO6S. The Labute approximate surface area is 171 Å². The van der Waals surface area contributed by atoms with Crippen LogP contribution in [0.2, 0.25) is 0 Å². The normalized spacial score (nSPS) is 10.4. The molecule has 0 amide bonds. The van der Waals surface area contributed by atoms with Gasteiger partial charge in [-0.05, 0) is 44.5 Å². The highest BCUT2D eigenvalue weighted by Gasteiger charge is 2.26. The number of anilines is 1. The van der Waals surface area contributed by atoms with Crippen molar-refractivity contribution in [3.8, 4) is 5.75 Å². The van der Waals surface area contributed by atoms with Crippen molar-refractivity contribution in [2.45, 2.75) is 20.8 Å². The van der Waals surface area contributed by atoms with Crippen LogP contribution in [0.4, 0.5) is 9.39 Å². The van der Waals surface area contributed by atoms with Gasteiger partial charge in [-0.15, -0.1) is 11.3 Å². The number of nitrogens with one attached hydrogen (secondary N) is 1. The van der Waals surface area contributed by atoms with Gasteiger partial charge in [-0.3, -0.25) is 4.79 Å². The van der Waals surface area contributed by atoms with Crippen molar-refractivity contribution in [1.29, 1.82) is 0 Å². The molecule has 9 heteroatoms. The summed E-state index contributed by atoms with van der Waals surface area (Å²) in [5.41, 5.74) is 0.735. The Morgan fingerprint density at radius 2 is 1.76 bits per heavy atom. The molecule has 0 radical (unpaired) electrons. The molecule has 1 aromatic heterocycles. The summed E-state index contributed by atoms with van der Waals surface area (Å²) in [4.78, 5) is 37.2. The lowest BCUT2D eigenvalue weighted by molar-refractivity contribution is 0.0527. The van der Waals surface area contributed by atoms with Crippen molar-refractivity contribution in [2.24, 2.45) is 0 Å². The fraction of sp³-hybridized carbons (Fsp3) is 0.350. The molecule has 1 aromatic carbocycles. The van der Waals surface area contributed by atoms with Crippen molar-refractivity contribution in [3.05, 3.63) is 45.6 Å². The number of halogens is 1. The van der Waals surface area contributed by atoms with Gasteiger partial charge in [-0.25, -0.2) is 14.0 Å². The number of Topliss-reactive ketones (excluding diaryl/α,β-unsaturated/α-hetero) is 1. The minimum absolute atomic E-state index is 0.0343. The van der Waals surface area contributed by atoms with Crippen molar-refractivity contribution in [2.75, 3.05) is 32.2 Å². The maximum Gasteiger partial charge on any atom is 0.348 e. The molecule has 0 aliphatic heterocycles. The van der Waals surface area contributed by atoms with E-state index in [1.807, 2.05) is 0 Å². The van der Waals surface area contributed by atoms with Gasteiger partial charge in [0.15, 0.2) is 17.3 Å². The van der Waals surface area contributed by atoms with Crippen LogP contribution in [-0.4, -0.2) is 44.6 Å². The number of rotatable bonds is 9. The maximum atomic E-state index is 13.8. The molecule has 0 fully saturated rings. The molecule has 1 N–H and O–H groups in total. The van der Waals surface area contributed by atoms with Gasteiger partial charge in [0.2, 0.25) is 0 Å². The minimum atomic E-state index is -0.651. The van der Waals surface area contributed by atoms with Crippen LogP contribution in [0.5, 0.6) is 5.75 Å². The van der Waals surface area contributed by atoms with Gasteiger partial charge in [0, 0.05) is 5.56 Å². The third-order valence-electron chi connectivity index (χ3n) is 3.97. The fourth-order valence-corrected chi connectivity index (χ4v) is 3.67. The Morgan fingerprint density at radius 1 is 1.10 bits per heavy atom. The third kappa shape index (κ3) is 5.11. The molecule has 0 aliphatic carbocycles. The lowest BCUT2D eigenvalue weighted by atomic mass is 10.1. The average Bonchev–Trinajstić information content (AvgIpc) is 3.02. The molecule has 0 atom stereocenters. The number of carbonyl (C=O) groups excluding carboxylic acids is 3. The molecule has 156 valence electrons. The number of ketones is 1. The van der Waals surface area contributed by atoms with E-state index in [-0.39, 0.29) is 41.5 Å². The highest BCUT2D eigenvalue weighted by molar-refractivity contribution is 7.18. The summed E-state index contributed by atoms with van der Waals surface area (Å²) in [6, 6.07) is 3.89. The first kappa shape index (κ1) is 22.4. The summed E-state index contributed by atoms with van der Waals surface area (Å²) in [5, 5.41) is 3.18. The average molecular weight is 423 g/mol. The van der Waals surface area contributed by atoms with Crippen LogP contribution in [0.25, 0.3) is 0 Å². The predicted molar refractivity (Wildman–Crippen MR) is 107 cm³/mol. The minimum Gasteiger partial charge on any atom is -0.494 e. The summed E-state index contributed by atoms with van der Waals surface area (Å²) in [5.74, 6) is -2.18. The Morgan fingerprint density at radius 3 is 2.34 bits per heavy atom. The van der Waals surface area contributed by atoms with Crippen molar-refractivity contribution >= 4 is 34.1 Å². The summed E-state index contributed by atoms with van der Waals surface area (Å²) in [7, 11) is 1.33. The van der Waals surface area contributed by atoms with Crippen LogP contribution in [0.15, 0.2) is 18.2 Å². The summed E-state index contributed by atoms with van der Waals surface area (Å²) < 4.78 is 28.8. The summed E-state index contributed by atoms with van der Waals surface area (Å²) in [6.07, 6.45) is 0. The van der Waals surface area contributed by atoms with E-state index in [2.05, 4.69) is 5.32 Å². The first-order valence-corrected chi connectivity index (χ1v) is 9.73. The van der Waals surface area contributed by atoms with Crippen LogP contribution in [0.1, 0.15) is 49.8 Å². The number of benzene rings is 1. The van der Waals surface area contributed by atoms with E-state index < -0.39 is 23.5 Å². The molecule has 0 aliphatic rings. The Balaban J connectivity index is 2.27. The summed E-state index contributed by atoms with van der Waals surface area (Å²) >= 11 is 1.00. The van der Waals surface area contributed by atoms with Crippen LogP contribution in [-0.2, 0) is 9.47 Å². The van der Waals surface area contributed by atoms with Crippen LogP contribution >= 0.6 is 11.3 Å². The number of carbonyl (C=O) groups is 3. The van der Waals surface area contributed by atoms with E-state index in [9.17, 15) is 18.8 Å². The highest BCUT2D eigenvalue weighted by atomic mass is 32.1. The molecule has 0 unspecified atom stereocenters. The molecule has 0 spiro atoms. The lowest BCUT2D eigenvalue weighted by Crippen LogP contribution is -2.16. The molecule has 0 saturated heterocycles. The third-order valence-corrected chi connectivity index (χ3v) is 5.20. The fourth-order valence-electron chi connectivity index (χ4n) is 2.58. The van der Waals surface area contributed by atoms with Crippen LogP contribution in [0.3, 0.4) is 0 Å². The zero-order valence-electron chi connectivity index (χ0n) is 16.6. The van der Waals surface area contributed by atoms with Gasteiger partial charge in [-0.2, -0.15) is 0 Å². The molecule has 0 saturated carbocycles. The zero-order chi connectivity index (χ0) is 21.6. The molecule has 2 rings (SSSR count).